The third-order valence-corrected chi connectivity index (χ3v) is 2.74. The predicted molar refractivity (Wildman–Crippen MR) is 75.1 cm³/mol. The van der Waals surface area contributed by atoms with Gasteiger partial charge >= 0.3 is 0 Å². The highest BCUT2D eigenvalue weighted by Gasteiger charge is 1.98. The molecule has 0 spiro atoms. The van der Waals surface area contributed by atoms with Crippen molar-refractivity contribution in [2.24, 2.45) is 0 Å². The second-order valence-electron chi connectivity index (χ2n) is 4.19. The van der Waals surface area contributed by atoms with Gasteiger partial charge in [-0.2, -0.15) is 0 Å². The van der Waals surface area contributed by atoms with Crippen molar-refractivity contribution in [1.82, 2.24) is 0 Å². The van der Waals surface area contributed by atoms with Gasteiger partial charge in [0.15, 0.2) is 0 Å². The molecule has 0 radical (unpaired) electrons. The van der Waals surface area contributed by atoms with Crippen molar-refractivity contribution in [3.05, 3.63) is 72.3 Å². The number of anilines is 1. The summed E-state index contributed by atoms with van der Waals surface area (Å²) in [6, 6.07) is 18.6. The second-order valence-corrected chi connectivity index (χ2v) is 4.19. The van der Waals surface area contributed by atoms with E-state index in [1.807, 2.05) is 18.2 Å². The van der Waals surface area contributed by atoms with Crippen molar-refractivity contribution in [2.75, 3.05) is 11.9 Å². The lowest BCUT2D eigenvalue weighted by atomic mass is 10.1. The number of hydrogen-bond donors (Lipinski definition) is 1. The van der Waals surface area contributed by atoms with Gasteiger partial charge in [0.05, 0.1) is 0 Å². The summed E-state index contributed by atoms with van der Waals surface area (Å²) >= 11 is 0. The van der Waals surface area contributed by atoms with E-state index in [9.17, 15) is 0 Å². The zero-order valence-electron chi connectivity index (χ0n) is 10.1. The standard InChI is InChI=1S/C16H17N/c1-13-8-10-15(11-9-13)14(2)12-17-16-6-4-3-5-7-16/h3-11,17H,2,12H2,1H3. The molecule has 0 aliphatic rings. The van der Waals surface area contributed by atoms with Gasteiger partial charge in [0.2, 0.25) is 0 Å². The van der Waals surface area contributed by atoms with Crippen molar-refractivity contribution in [3.63, 3.8) is 0 Å². The van der Waals surface area contributed by atoms with Gasteiger partial charge in [-0.1, -0.05) is 54.6 Å². The Labute approximate surface area is 103 Å². The highest BCUT2D eigenvalue weighted by Crippen LogP contribution is 2.14. The normalized spacial score (nSPS) is 9.94. The van der Waals surface area contributed by atoms with E-state index in [1.165, 1.54) is 11.1 Å². The molecular weight excluding hydrogens is 206 g/mol. The van der Waals surface area contributed by atoms with Crippen molar-refractivity contribution in [3.8, 4) is 0 Å². The molecule has 2 aromatic carbocycles. The highest BCUT2D eigenvalue weighted by atomic mass is 14.9. The summed E-state index contributed by atoms with van der Waals surface area (Å²) in [5.74, 6) is 0. The molecule has 2 rings (SSSR count). The lowest BCUT2D eigenvalue weighted by Crippen LogP contribution is -2.03. The van der Waals surface area contributed by atoms with Crippen LogP contribution in [0.2, 0.25) is 0 Å². The Kier molecular flexibility index (Phi) is 3.61. The maximum atomic E-state index is 4.11. The average molecular weight is 223 g/mol. The first-order valence-corrected chi connectivity index (χ1v) is 5.79. The summed E-state index contributed by atoms with van der Waals surface area (Å²) in [6.45, 7) is 6.97. The minimum Gasteiger partial charge on any atom is -0.381 e. The summed E-state index contributed by atoms with van der Waals surface area (Å²) in [7, 11) is 0. The highest BCUT2D eigenvalue weighted by molar-refractivity contribution is 5.67. The van der Waals surface area contributed by atoms with Crippen LogP contribution >= 0.6 is 0 Å². The molecule has 0 saturated carbocycles. The van der Waals surface area contributed by atoms with E-state index in [0.29, 0.717) is 0 Å². The first kappa shape index (κ1) is 11.5. The molecule has 1 N–H and O–H groups in total. The fourth-order valence-corrected chi connectivity index (χ4v) is 1.66. The molecule has 0 fully saturated rings. The van der Waals surface area contributed by atoms with Gasteiger partial charge in [0, 0.05) is 12.2 Å². The maximum absolute atomic E-state index is 4.11. The van der Waals surface area contributed by atoms with Crippen LogP contribution < -0.4 is 5.32 Å². The average Bonchev–Trinajstić information content (AvgIpc) is 2.38. The van der Waals surface area contributed by atoms with Crippen molar-refractivity contribution < 1.29 is 0 Å². The fourth-order valence-electron chi connectivity index (χ4n) is 1.66. The minimum absolute atomic E-state index is 0.771. The van der Waals surface area contributed by atoms with Gasteiger partial charge in [0.1, 0.15) is 0 Å². The Hall–Kier alpha value is -2.02. The van der Waals surface area contributed by atoms with Gasteiger partial charge < -0.3 is 5.32 Å². The predicted octanol–water partition coefficient (Wildman–Crippen LogP) is 4.12. The van der Waals surface area contributed by atoms with E-state index in [1.54, 1.807) is 0 Å². The van der Waals surface area contributed by atoms with Crippen LogP contribution in [0.3, 0.4) is 0 Å². The summed E-state index contributed by atoms with van der Waals surface area (Å²) < 4.78 is 0. The molecule has 0 aliphatic carbocycles. The number of rotatable bonds is 4. The first-order valence-electron chi connectivity index (χ1n) is 5.79. The number of aryl methyl sites for hydroxylation is 1. The maximum Gasteiger partial charge on any atom is 0.0400 e. The molecule has 1 nitrogen and oxygen atoms in total. The van der Waals surface area contributed by atoms with Crippen molar-refractivity contribution >= 4 is 11.3 Å². The molecule has 0 atom stereocenters. The van der Waals surface area contributed by atoms with E-state index in [-0.39, 0.29) is 0 Å². The first-order chi connectivity index (χ1) is 8.25. The van der Waals surface area contributed by atoms with Crippen molar-refractivity contribution in [2.45, 2.75) is 6.92 Å². The Balaban J connectivity index is 1.96. The topological polar surface area (TPSA) is 12.0 Å². The largest absolute Gasteiger partial charge is 0.381 e. The van der Waals surface area contributed by atoms with Gasteiger partial charge in [0.25, 0.3) is 0 Å². The number of para-hydroxylation sites is 1. The Morgan fingerprint density at radius 3 is 2.29 bits per heavy atom. The summed E-state index contributed by atoms with van der Waals surface area (Å²) in [5, 5.41) is 3.36. The Morgan fingerprint density at radius 1 is 1.00 bits per heavy atom. The van der Waals surface area contributed by atoms with E-state index in [2.05, 4.69) is 55.2 Å². The van der Waals surface area contributed by atoms with Gasteiger partial charge in [-0.25, -0.2) is 0 Å². The Bertz CT molecular complexity index is 483. The van der Waals surface area contributed by atoms with Gasteiger partial charge in [-0.15, -0.1) is 0 Å². The quantitative estimate of drug-likeness (QED) is 0.822. The summed E-state index contributed by atoms with van der Waals surface area (Å²) in [6.07, 6.45) is 0. The lowest BCUT2D eigenvalue weighted by Gasteiger charge is -2.09. The van der Waals surface area contributed by atoms with Crippen molar-refractivity contribution in [1.29, 1.82) is 0 Å². The van der Waals surface area contributed by atoms with Crippen LogP contribution in [-0.2, 0) is 0 Å². The fraction of sp³-hybridized carbons (Fsp3) is 0.125. The van der Waals surface area contributed by atoms with Crippen LogP contribution in [0, 0.1) is 6.92 Å². The molecule has 0 amide bonds. The summed E-state index contributed by atoms with van der Waals surface area (Å²) in [4.78, 5) is 0. The molecule has 0 heterocycles. The summed E-state index contributed by atoms with van der Waals surface area (Å²) in [5.41, 5.74) is 4.70. The third kappa shape index (κ3) is 3.22. The number of nitrogens with one attached hydrogen (secondary N) is 1. The second kappa shape index (κ2) is 5.35. The number of benzene rings is 2. The van der Waals surface area contributed by atoms with Crippen LogP contribution in [0.5, 0.6) is 0 Å². The zero-order valence-corrected chi connectivity index (χ0v) is 10.1. The molecule has 0 aliphatic heterocycles. The molecule has 0 bridgehead atoms. The molecule has 0 saturated heterocycles. The smallest absolute Gasteiger partial charge is 0.0400 e. The third-order valence-electron chi connectivity index (χ3n) is 2.74. The molecule has 1 heteroatoms. The molecule has 2 aromatic rings. The van der Waals surface area contributed by atoms with E-state index in [0.717, 1.165) is 17.8 Å². The molecular formula is C16H17N. The minimum atomic E-state index is 0.771. The zero-order chi connectivity index (χ0) is 12.1. The molecule has 0 aromatic heterocycles. The van der Waals surface area contributed by atoms with Crippen LogP contribution in [0.4, 0.5) is 5.69 Å². The lowest BCUT2D eigenvalue weighted by molar-refractivity contribution is 1.34. The number of hydrogen-bond acceptors (Lipinski definition) is 1. The van der Waals surface area contributed by atoms with E-state index >= 15 is 0 Å². The van der Waals surface area contributed by atoms with Crippen LogP contribution in [-0.4, -0.2) is 6.54 Å². The monoisotopic (exact) mass is 223 g/mol. The van der Waals surface area contributed by atoms with Gasteiger partial charge in [-0.3, -0.25) is 0 Å². The SMILES string of the molecule is C=C(CNc1ccccc1)c1ccc(C)cc1. The molecule has 0 unspecified atom stereocenters. The molecule has 17 heavy (non-hydrogen) atoms. The molecule has 86 valence electrons. The van der Waals surface area contributed by atoms with Gasteiger partial charge in [-0.05, 0) is 30.2 Å². The van der Waals surface area contributed by atoms with Crippen LogP contribution in [0.15, 0.2) is 61.2 Å². The Morgan fingerprint density at radius 2 is 1.65 bits per heavy atom. The van der Waals surface area contributed by atoms with Crippen LogP contribution in [0.25, 0.3) is 5.57 Å². The van der Waals surface area contributed by atoms with E-state index in [4.69, 9.17) is 0 Å². The van der Waals surface area contributed by atoms with Crippen LogP contribution in [0.1, 0.15) is 11.1 Å². The van der Waals surface area contributed by atoms with E-state index < -0.39 is 0 Å².